The van der Waals surface area contributed by atoms with Gasteiger partial charge in [-0.15, -0.1) is 0 Å². The van der Waals surface area contributed by atoms with Crippen LogP contribution in [0.15, 0.2) is 48.8 Å². The molecule has 0 bridgehead atoms. The van der Waals surface area contributed by atoms with Gasteiger partial charge >= 0.3 is 6.03 Å². The van der Waals surface area contributed by atoms with Gasteiger partial charge in [-0.05, 0) is 35.7 Å². The Morgan fingerprint density at radius 1 is 1.17 bits per heavy atom. The van der Waals surface area contributed by atoms with E-state index in [0.29, 0.717) is 25.2 Å². The second-order valence-electron chi connectivity index (χ2n) is 4.74. The molecule has 0 aliphatic rings. The van der Waals surface area contributed by atoms with Crippen molar-refractivity contribution in [2.75, 3.05) is 11.9 Å². The van der Waals surface area contributed by atoms with Crippen LogP contribution in [-0.2, 0) is 24.2 Å². The first-order valence-corrected chi connectivity index (χ1v) is 8.06. The largest absolute Gasteiger partial charge is 0.760 e. The van der Waals surface area contributed by atoms with Gasteiger partial charge in [0.1, 0.15) is 0 Å². The molecule has 0 saturated heterocycles. The van der Waals surface area contributed by atoms with Crippen molar-refractivity contribution in [1.29, 1.82) is 0 Å². The number of aromatic nitrogens is 1. The third kappa shape index (κ3) is 6.55. The fourth-order valence-corrected chi connectivity index (χ4v) is 2.16. The number of carbonyl (C=O) groups excluding carboxylic acids is 1. The van der Waals surface area contributed by atoms with Crippen molar-refractivity contribution in [3.05, 3.63) is 59.9 Å². The molecule has 2 rings (SSSR count). The molecule has 3 N–H and O–H groups in total. The lowest BCUT2D eigenvalue weighted by molar-refractivity contribution is 0.251. The number of benzene rings is 1. The van der Waals surface area contributed by atoms with Crippen LogP contribution >= 0.6 is 0 Å². The quantitative estimate of drug-likeness (QED) is 0.665. The summed E-state index contributed by atoms with van der Waals surface area (Å²) in [5.41, 5.74) is 2.56. The topological polar surface area (TPSA) is 106 Å². The van der Waals surface area contributed by atoms with E-state index < -0.39 is 11.3 Å². The number of amides is 2. The van der Waals surface area contributed by atoms with Crippen molar-refractivity contribution >= 4 is 23.0 Å². The summed E-state index contributed by atoms with van der Waals surface area (Å²) in [6.45, 7) is 0.740. The van der Waals surface area contributed by atoms with Crippen LogP contribution in [0.25, 0.3) is 0 Å². The van der Waals surface area contributed by atoms with E-state index in [1.54, 1.807) is 24.5 Å². The third-order valence-electron chi connectivity index (χ3n) is 3.02. The predicted octanol–water partition coefficient (Wildman–Crippen LogP) is 1.33. The van der Waals surface area contributed by atoms with E-state index in [1.807, 2.05) is 24.3 Å². The number of urea groups is 1. The second kappa shape index (κ2) is 8.99. The summed E-state index contributed by atoms with van der Waals surface area (Å²) in [4.78, 5) is 15.8. The molecule has 8 heteroatoms. The minimum Gasteiger partial charge on any atom is -0.760 e. The van der Waals surface area contributed by atoms with Crippen LogP contribution in [0.3, 0.4) is 0 Å². The van der Waals surface area contributed by atoms with E-state index in [1.165, 1.54) is 0 Å². The fourth-order valence-electron chi connectivity index (χ4n) is 1.89. The number of anilines is 1. The van der Waals surface area contributed by atoms with Gasteiger partial charge in [0, 0.05) is 42.4 Å². The van der Waals surface area contributed by atoms with Crippen LogP contribution in [0.2, 0.25) is 0 Å². The Labute approximate surface area is 136 Å². The monoisotopic (exact) mass is 333 g/mol. The Balaban J connectivity index is 1.76. The standard InChI is InChI=1S/C15H18N4O3S/c20-15(17-11-13-2-1-8-16-10-13)19-14-5-3-12(4-6-14)7-9-18-23(21)22/h1-6,8,10,18H,7,9,11H2,(H,21,22)(H2,17,19,20)/p-1. The number of rotatable bonds is 7. The number of hydrogen-bond acceptors (Lipinski definition) is 4. The zero-order valence-corrected chi connectivity index (χ0v) is 13.1. The average Bonchev–Trinajstić information content (AvgIpc) is 2.55. The van der Waals surface area contributed by atoms with Crippen molar-refractivity contribution < 1.29 is 13.6 Å². The highest BCUT2D eigenvalue weighted by molar-refractivity contribution is 7.77. The van der Waals surface area contributed by atoms with Crippen LogP contribution in [0, 0.1) is 0 Å². The molecular weight excluding hydrogens is 316 g/mol. The van der Waals surface area contributed by atoms with Gasteiger partial charge in [-0.2, -0.15) is 0 Å². The summed E-state index contributed by atoms with van der Waals surface area (Å²) in [7, 11) is 0. The first kappa shape index (κ1) is 17.1. The zero-order chi connectivity index (χ0) is 16.5. The van der Waals surface area contributed by atoms with Crippen LogP contribution in [0.1, 0.15) is 11.1 Å². The Bertz CT molecular complexity index is 650. The molecule has 1 aromatic heterocycles. The summed E-state index contributed by atoms with van der Waals surface area (Å²) >= 11 is -2.24. The number of carbonyl (C=O) groups is 1. The maximum atomic E-state index is 11.8. The molecule has 0 aliphatic carbocycles. The van der Waals surface area contributed by atoms with Crippen LogP contribution in [0.5, 0.6) is 0 Å². The van der Waals surface area contributed by atoms with Gasteiger partial charge in [-0.25, -0.2) is 9.52 Å². The van der Waals surface area contributed by atoms with Crippen molar-refractivity contribution in [3.8, 4) is 0 Å². The molecule has 1 atom stereocenters. The number of pyridine rings is 1. The normalized spacial score (nSPS) is 11.7. The highest BCUT2D eigenvalue weighted by atomic mass is 32.2. The van der Waals surface area contributed by atoms with Crippen molar-refractivity contribution in [3.63, 3.8) is 0 Å². The van der Waals surface area contributed by atoms with E-state index in [9.17, 15) is 13.6 Å². The molecule has 2 amide bonds. The van der Waals surface area contributed by atoms with E-state index in [0.717, 1.165) is 11.1 Å². The van der Waals surface area contributed by atoms with Crippen LogP contribution in [0.4, 0.5) is 10.5 Å². The van der Waals surface area contributed by atoms with Crippen molar-refractivity contribution in [2.45, 2.75) is 13.0 Å². The lowest BCUT2D eigenvalue weighted by atomic mass is 10.1. The smallest absolute Gasteiger partial charge is 0.319 e. The van der Waals surface area contributed by atoms with Gasteiger partial charge in [0.05, 0.1) is 0 Å². The second-order valence-corrected chi connectivity index (χ2v) is 5.50. The maximum absolute atomic E-state index is 11.8. The summed E-state index contributed by atoms with van der Waals surface area (Å²) in [5, 5.41) is 5.47. The van der Waals surface area contributed by atoms with Gasteiger partial charge in [-0.1, -0.05) is 18.2 Å². The number of nitrogens with one attached hydrogen (secondary N) is 3. The molecule has 0 radical (unpaired) electrons. The molecule has 1 aromatic carbocycles. The summed E-state index contributed by atoms with van der Waals surface area (Å²) in [5.74, 6) is 0. The lowest BCUT2D eigenvalue weighted by Gasteiger charge is -2.09. The Morgan fingerprint density at radius 2 is 1.96 bits per heavy atom. The van der Waals surface area contributed by atoms with E-state index in [2.05, 4.69) is 20.3 Å². The molecule has 0 aliphatic heterocycles. The Morgan fingerprint density at radius 3 is 2.61 bits per heavy atom. The average molecular weight is 333 g/mol. The summed E-state index contributed by atoms with van der Waals surface area (Å²) in [6, 6.07) is 10.6. The number of nitrogens with zero attached hydrogens (tertiary/aromatic N) is 1. The molecule has 0 spiro atoms. The first-order chi connectivity index (χ1) is 11.1. The van der Waals surface area contributed by atoms with Gasteiger partial charge in [0.2, 0.25) is 0 Å². The summed E-state index contributed by atoms with van der Waals surface area (Å²) < 4.78 is 23.0. The first-order valence-electron chi connectivity index (χ1n) is 6.99. The molecule has 1 unspecified atom stereocenters. The highest BCUT2D eigenvalue weighted by Crippen LogP contribution is 2.09. The highest BCUT2D eigenvalue weighted by Gasteiger charge is 2.02. The zero-order valence-electron chi connectivity index (χ0n) is 12.3. The van der Waals surface area contributed by atoms with Gasteiger partial charge in [-0.3, -0.25) is 9.19 Å². The molecule has 122 valence electrons. The van der Waals surface area contributed by atoms with E-state index >= 15 is 0 Å². The molecule has 7 nitrogen and oxygen atoms in total. The molecular formula is C15H17N4O3S-. The SMILES string of the molecule is O=C(NCc1cccnc1)Nc1ccc(CCNS(=O)[O-])cc1. The van der Waals surface area contributed by atoms with Crippen LogP contribution < -0.4 is 15.4 Å². The fraction of sp³-hybridized carbons (Fsp3) is 0.200. The summed E-state index contributed by atoms with van der Waals surface area (Å²) in [6.07, 6.45) is 3.95. The molecule has 2 aromatic rings. The van der Waals surface area contributed by atoms with Crippen molar-refractivity contribution in [2.24, 2.45) is 0 Å². The molecule has 0 fully saturated rings. The molecule has 0 saturated carbocycles. The Kier molecular flexibility index (Phi) is 6.67. The van der Waals surface area contributed by atoms with E-state index in [-0.39, 0.29) is 6.03 Å². The molecule has 1 heterocycles. The Hall–Kier alpha value is -2.29. The molecule has 23 heavy (non-hydrogen) atoms. The maximum Gasteiger partial charge on any atom is 0.319 e. The lowest BCUT2D eigenvalue weighted by Crippen LogP contribution is -2.28. The van der Waals surface area contributed by atoms with Gasteiger partial charge < -0.3 is 15.2 Å². The van der Waals surface area contributed by atoms with Crippen LogP contribution in [-0.4, -0.2) is 26.3 Å². The number of hydrogen-bond donors (Lipinski definition) is 3. The third-order valence-corrected chi connectivity index (χ3v) is 3.46. The predicted molar refractivity (Wildman–Crippen MR) is 87.2 cm³/mol. The minimum absolute atomic E-state index is 0.301. The minimum atomic E-state index is -2.24. The van der Waals surface area contributed by atoms with E-state index in [4.69, 9.17) is 0 Å². The van der Waals surface area contributed by atoms with Gasteiger partial charge in [0.25, 0.3) is 0 Å². The van der Waals surface area contributed by atoms with Crippen molar-refractivity contribution in [1.82, 2.24) is 15.0 Å². The van der Waals surface area contributed by atoms with Gasteiger partial charge in [0.15, 0.2) is 0 Å².